The minimum Gasteiger partial charge on any atom is -0.350 e. The Hall–Kier alpha value is -2.04. The van der Waals surface area contributed by atoms with E-state index in [0.29, 0.717) is 23.0 Å². The van der Waals surface area contributed by atoms with Crippen LogP contribution in [0.5, 0.6) is 0 Å². The summed E-state index contributed by atoms with van der Waals surface area (Å²) in [5, 5.41) is 4.19. The van der Waals surface area contributed by atoms with Crippen LogP contribution in [-0.2, 0) is 22.6 Å². The first kappa shape index (κ1) is 23.2. The van der Waals surface area contributed by atoms with E-state index < -0.39 is 6.04 Å². The normalized spacial score (nSPS) is 12.3. The van der Waals surface area contributed by atoms with E-state index in [1.807, 2.05) is 63.2 Å². The summed E-state index contributed by atoms with van der Waals surface area (Å²) < 4.78 is 0. The van der Waals surface area contributed by atoms with Crippen molar-refractivity contribution in [2.45, 2.75) is 58.7 Å². The summed E-state index contributed by atoms with van der Waals surface area (Å²) in [6.45, 7) is 7.80. The van der Waals surface area contributed by atoms with Crippen molar-refractivity contribution >= 4 is 35.0 Å². The monoisotopic (exact) mass is 434 g/mol. The summed E-state index contributed by atoms with van der Waals surface area (Å²) in [4.78, 5) is 27.4. The second-order valence-corrected chi connectivity index (χ2v) is 9.00. The third-order valence-electron chi connectivity index (χ3n) is 4.47. The molecule has 1 atom stereocenters. The lowest BCUT2D eigenvalue weighted by Crippen LogP contribution is -2.52. The number of halogens is 2. The maximum Gasteiger partial charge on any atom is 0.242 e. The first-order chi connectivity index (χ1) is 13.6. The van der Waals surface area contributed by atoms with Gasteiger partial charge in [0.15, 0.2) is 0 Å². The van der Waals surface area contributed by atoms with E-state index in [-0.39, 0.29) is 23.8 Å². The van der Waals surface area contributed by atoms with Crippen molar-refractivity contribution < 1.29 is 9.59 Å². The number of aryl methyl sites for hydroxylation is 1. The summed E-state index contributed by atoms with van der Waals surface area (Å²) in [5.74, 6) is -0.299. The quantitative estimate of drug-likeness (QED) is 0.645. The number of hydrogen-bond donors (Lipinski definition) is 1. The van der Waals surface area contributed by atoms with Crippen LogP contribution < -0.4 is 5.32 Å². The van der Waals surface area contributed by atoms with Crippen molar-refractivity contribution in [1.29, 1.82) is 0 Å². The molecule has 29 heavy (non-hydrogen) atoms. The van der Waals surface area contributed by atoms with Gasteiger partial charge in [-0.3, -0.25) is 9.59 Å². The molecule has 0 aliphatic heterocycles. The molecule has 2 aromatic rings. The highest BCUT2D eigenvalue weighted by molar-refractivity contribution is 6.31. The van der Waals surface area contributed by atoms with Crippen molar-refractivity contribution in [2.24, 2.45) is 0 Å². The maximum atomic E-state index is 13.1. The van der Waals surface area contributed by atoms with E-state index in [2.05, 4.69) is 5.32 Å². The number of carbonyl (C=O) groups is 2. The van der Waals surface area contributed by atoms with Crippen LogP contribution in [0.25, 0.3) is 0 Å². The summed E-state index contributed by atoms with van der Waals surface area (Å²) in [7, 11) is 0. The molecule has 4 nitrogen and oxygen atoms in total. The van der Waals surface area contributed by atoms with Gasteiger partial charge in [-0.1, -0.05) is 53.5 Å². The molecule has 0 heterocycles. The molecule has 0 saturated carbocycles. The molecule has 6 heteroatoms. The number of amides is 2. The number of rotatable bonds is 7. The average Bonchev–Trinajstić information content (AvgIpc) is 2.63. The molecule has 0 spiro atoms. The minimum atomic E-state index is -0.619. The molecule has 0 aromatic heterocycles. The molecule has 2 aromatic carbocycles. The summed E-state index contributed by atoms with van der Waals surface area (Å²) in [6.07, 6.45) is 0.773. The Balaban J connectivity index is 2.19. The third-order valence-corrected chi connectivity index (χ3v) is 5.08. The van der Waals surface area contributed by atoms with Crippen LogP contribution in [0.1, 0.15) is 45.2 Å². The second-order valence-electron chi connectivity index (χ2n) is 8.16. The number of hydrogen-bond acceptors (Lipinski definition) is 2. The lowest BCUT2D eigenvalue weighted by molar-refractivity contribution is -0.141. The predicted octanol–water partition coefficient (Wildman–Crippen LogP) is 5.26. The first-order valence-corrected chi connectivity index (χ1v) is 10.4. The largest absolute Gasteiger partial charge is 0.350 e. The summed E-state index contributed by atoms with van der Waals surface area (Å²) in [6, 6.07) is 14.2. The number of nitrogens with one attached hydrogen (secondary N) is 1. The molecule has 2 amide bonds. The molecular formula is C23H28Cl2N2O2. The van der Waals surface area contributed by atoms with Gasteiger partial charge in [0, 0.05) is 28.5 Å². The van der Waals surface area contributed by atoms with E-state index in [0.717, 1.165) is 11.1 Å². The SMILES string of the molecule is C[C@H](C(=O)NC(C)(C)C)N(Cc1cccc(Cl)c1)C(=O)CCc1ccccc1Cl. The highest BCUT2D eigenvalue weighted by Gasteiger charge is 2.28. The fourth-order valence-electron chi connectivity index (χ4n) is 2.98. The first-order valence-electron chi connectivity index (χ1n) is 9.66. The molecule has 0 bridgehead atoms. The van der Waals surface area contributed by atoms with Gasteiger partial charge in [-0.05, 0) is 63.4 Å². The van der Waals surface area contributed by atoms with Gasteiger partial charge in [0.1, 0.15) is 6.04 Å². The van der Waals surface area contributed by atoms with Crippen LogP contribution in [0.2, 0.25) is 10.0 Å². The summed E-state index contributed by atoms with van der Waals surface area (Å²) >= 11 is 12.3. The van der Waals surface area contributed by atoms with Gasteiger partial charge in [0.25, 0.3) is 0 Å². The van der Waals surface area contributed by atoms with E-state index in [9.17, 15) is 9.59 Å². The van der Waals surface area contributed by atoms with Crippen LogP contribution in [0.4, 0.5) is 0 Å². The average molecular weight is 435 g/mol. The van der Waals surface area contributed by atoms with Gasteiger partial charge in [-0.2, -0.15) is 0 Å². The molecule has 0 radical (unpaired) electrons. The molecule has 2 rings (SSSR count). The molecule has 1 N–H and O–H groups in total. The Morgan fingerprint density at radius 2 is 1.76 bits per heavy atom. The minimum absolute atomic E-state index is 0.110. The third kappa shape index (κ3) is 7.37. The van der Waals surface area contributed by atoms with Crippen LogP contribution >= 0.6 is 23.2 Å². The fourth-order valence-corrected chi connectivity index (χ4v) is 3.42. The highest BCUT2D eigenvalue weighted by atomic mass is 35.5. The lowest BCUT2D eigenvalue weighted by Gasteiger charge is -2.31. The molecule has 0 aliphatic carbocycles. The highest BCUT2D eigenvalue weighted by Crippen LogP contribution is 2.19. The number of carbonyl (C=O) groups excluding carboxylic acids is 2. The van der Waals surface area contributed by atoms with Gasteiger partial charge < -0.3 is 10.2 Å². The van der Waals surface area contributed by atoms with Gasteiger partial charge in [-0.25, -0.2) is 0 Å². The Labute approximate surface area is 183 Å². The Bertz CT molecular complexity index is 862. The topological polar surface area (TPSA) is 49.4 Å². The molecule has 0 fully saturated rings. The van der Waals surface area contributed by atoms with E-state index in [1.165, 1.54) is 0 Å². The Kier molecular flexibility index (Phi) is 8.12. The van der Waals surface area contributed by atoms with Gasteiger partial charge >= 0.3 is 0 Å². The van der Waals surface area contributed by atoms with Crippen molar-refractivity contribution in [3.05, 3.63) is 69.7 Å². The smallest absolute Gasteiger partial charge is 0.242 e. The second kappa shape index (κ2) is 10.1. The zero-order valence-corrected chi connectivity index (χ0v) is 18.8. The van der Waals surface area contributed by atoms with E-state index in [1.54, 1.807) is 17.9 Å². The molecule has 0 saturated heterocycles. The van der Waals surface area contributed by atoms with Gasteiger partial charge in [0.2, 0.25) is 11.8 Å². The zero-order chi connectivity index (χ0) is 21.6. The number of nitrogens with zero attached hydrogens (tertiary/aromatic N) is 1. The van der Waals surface area contributed by atoms with Crippen LogP contribution in [0.3, 0.4) is 0 Å². The van der Waals surface area contributed by atoms with Gasteiger partial charge in [-0.15, -0.1) is 0 Å². The molecule has 156 valence electrons. The fraction of sp³-hybridized carbons (Fsp3) is 0.391. The van der Waals surface area contributed by atoms with Crippen molar-refractivity contribution in [3.63, 3.8) is 0 Å². The Morgan fingerprint density at radius 3 is 2.38 bits per heavy atom. The number of benzene rings is 2. The molecular weight excluding hydrogens is 407 g/mol. The van der Waals surface area contributed by atoms with Crippen molar-refractivity contribution in [3.8, 4) is 0 Å². The van der Waals surface area contributed by atoms with Crippen LogP contribution in [0.15, 0.2) is 48.5 Å². The van der Waals surface area contributed by atoms with Crippen molar-refractivity contribution in [2.75, 3.05) is 0 Å². The Morgan fingerprint density at radius 1 is 1.07 bits per heavy atom. The standard InChI is InChI=1S/C23H28Cl2N2O2/c1-16(22(29)26-23(2,3)4)27(15-17-8-7-10-19(24)14-17)21(28)13-12-18-9-5-6-11-20(18)25/h5-11,14,16H,12-13,15H2,1-4H3,(H,26,29)/t16-/m1/s1. The van der Waals surface area contributed by atoms with E-state index >= 15 is 0 Å². The van der Waals surface area contributed by atoms with Gasteiger partial charge in [0.05, 0.1) is 0 Å². The zero-order valence-electron chi connectivity index (χ0n) is 17.3. The predicted molar refractivity (Wildman–Crippen MR) is 119 cm³/mol. The molecule has 0 unspecified atom stereocenters. The van der Waals surface area contributed by atoms with Crippen molar-refractivity contribution in [1.82, 2.24) is 10.2 Å². The summed E-state index contributed by atoms with van der Waals surface area (Å²) in [5.41, 5.74) is 1.41. The van der Waals surface area contributed by atoms with Crippen LogP contribution in [-0.4, -0.2) is 28.3 Å². The van der Waals surface area contributed by atoms with Crippen LogP contribution in [0, 0.1) is 0 Å². The van der Waals surface area contributed by atoms with E-state index in [4.69, 9.17) is 23.2 Å². The molecule has 0 aliphatic rings. The maximum absolute atomic E-state index is 13.1. The lowest BCUT2D eigenvalue weighted by atomic mass is 10.1.